The number of nitrogens with zero attached hydrogens (tertiary/aromatic N) is 1. The van der Waals surface area contributed by atoms with Crippen molar-refractivity contribution in [3.63, 3.8) is 0 Å². The van der Waals surface area contributed by atoms with Crippen LogP contribution < -0.4 is 0 Å². The van der Waals surface area contributed by atoms with E-state index in [9.17, 15) is 9.59 Å². The van der Waals surface area contributed by atoms with E-state index >= 15 is 0 Å². The lowest BCUT2D eigenvalue weighted by molar-refractivity contribution is -0.112. The molecule has 0 amide bonds. The van der Waals surface area contributed by atoms with Crippen LogP contribution in [0.5, 0.6) is 0 Å². The molecule has 2 aromatic carbocycles. The molecule has 3 heteroatoms. The molecule has 0 fully saturated rings. The Morgan fingerprint density at radius 1 is 0.973 bits per heavy atom. The number of ketones is 1. The van der Waals surface area contributed by atoms with Gasteiger partial charge in [0, 0.05) is 5.57 Å². The Hall–Kier alpha value is -3.85. The highest BCUT2D eigenvalue weighted by Crippen LogP contribution is 2.29. The summed E-state index contributed by atoms with van der Waals surface area (Å²) in [6.45, 7) is 19.6. The molecule has 0 aromatic heterocycles. The summed E-state index contributed by atoms with van der Waals surface area (Å²) in [5.41, 5.74) is 5.50. The van der Waals surface area contributed by atoms with E-state index in [1.807, 2.05) is 50.3 Å². The highest BCUT2D eigenvalue weighted by molar-refractivity contribution is 6.14. The first kappa shape index (κ1) is 31.2. The summed E-state index contributed by atoms with van der Waals surface area (Å²) in [5.74, 6) is 0.462. The Labute approximate surface area is 223 Å². The molecule has 0 aliphatic carbocycles. The molecule has 194 valence electrons. The molecule has 2 atom stereocenters. The predicted molar refractivity (Wildman–Crippen MR) is 159 cm³/mol. The molecule has 0 N–H and O–H groups in total. The van der Waals surface area contributed by atoms with Gasteiger partial charge in [0.2, 0.25) is 0 Å². The first-order valence-electron chi connectivity index (χ1n) is 12.7. The van der Waals surface area contributed by atoms with Crippen molar-refractivity contribution < 1.29 is 9.59 Å². The van der Waals surface area contributed by atoms with Crippen LogP contribution in [0, 0.1) is 12.8 Å². The molecule has 0 saturated carbocycles. The SMILES string of the molecule is C=C/C(C(=O)C(/C=C\C=C(/C)C(C)C(C)c1ccccc1)=C(/C)CC)=C(/C=O)N=C.Cc1ccccc1. The summed E-state index contributed by atoms with van der Waals surface area (Å²) in [4.78, 5) is 27.9. The molecule has 0 bridgehead atoms. The number of hydrogen-bond donors (Lipinski definition) is 0. The Balaban J connectivity index is 0.000000836. The minimum atomic E-state index is -0.271. The summed E-state index contributed by atoms with van der Waals surface area (Å²) >= 11 is 0. The maximum absolute atomic E-state index is 13.0. The van der Waals surface area contributed by atoms with Gasteiger partial charge in [-0.05, 0) is 51.3 Å². The molecular formula is C34H41NO2. The minimum absolute atomic E-state index is 0.00170. The number of rotatable bonds is 11. The van der Waals surface area contributed by atoms with Crippen LogP contribution in [-0.2, 0) is 9.59 Å². The number of carbonyl (C=O) groups excluding carboxylic acids is 2. The zero-order valence-corrected chi connectivity index (χ0v) is 23.2. The number of aryl methyl sites for hydroxylation is 1. The zero-order chi connectivity index (χ0) is 27.8. The first-order chi connectivity index (χ1) is 17.7. The van der Waals surface area contributed by atoms with Crippen LogP contribution in [-0.4, -0.2) is 18.8 Å². The van der Waals surface area contributed by atoms with Crippen LogP contribution in [0.3, 0.4) is 0 Å². The molecule has 2 unspecified atom stereocenters. The molecule has 0 radical (unpaired) electrons. The van der Waals surface area contributed by atoms with Gasteiger partial charge in [0.25, 0.3) is 0 Å². The van der Waals surface area contributed by atoms with Gasteiger partial charge < -0.3 is 0 Å². The smallest absolute Gasteiger partial charge is 0.195 e. The zero-order valence-electron chi connectivity index (χ0n) is 23.2. The second-order valence-corrected chi connectivity index (χ2v) is 9.07. The molecule has 0 saturated heterocycles. The number of aliphatic imine (C=N–C) groups is 1. The highest BCUT2D eigenvalue weighted by atomic mass is 16.1. The number of allylic oxidation sites excluding steroid dienone is 9. The second-order valence-electron chi connectivity index (χ2n) is 9.07. The summed E-state index contributed by atoms with van der Waals surface area (Å²) in [7, 11) is 0. The fourth-order valence-corrected chi connectivity index (χ4v) is 3.67. The summed E-state index contributed by atoms with van der Waals surface area (Å²) in [5, 5.41) is 0. The Morgan fingerprint density at radius 2 is 1.54 bits per heavy atom. The molecular weight excluding hydrogens is 454 g/mol. The van der Waals surface area contributed by atoms with Gasteiger partial charge in [-0.25, -0.2) is 0 Å². The van der Waals surface area contributed by atoms with Gasteiger partial charge in [-0.15, -0.1) is 0 Å². The lowest BCUT2D eigenvalue weighted by Crippen LogP contribution is -2.09. The van der Waals surface area contributed by atoms with Gasteiger partial charge in [-0.2, -0.15) is 0 Å². The minimum Gasteiger partial charge on any atom is -0.296 e. The number of carbonyl (C=O) groups is 2. The Kier molecular flexibility index (Phi) is 14.1. The van der Waals surface area contributed by atoms with E-state index in [1.165, 1.54) is 22.8 Å². The normalized spacial score (nSPS) is 14.4. The van der Waals surface area contributed by atoms with E-state index < -0.39 is 0 Å². The van der Waals surface area contributed by atoms with E-state index in [4.69, 9.17) is 0 Å². The van der Waals surface area contributed by atoms with Crippen molar-refractivity contribution in [2.24, 2.45) is 10.9 Å². The molecule has 3 nitrogen and oxygen atoms in total. The standard InChI is InChI=1S/C27H33NO2.C7H8/c1-8-19(3)25(27(30)24(9-2)26(18-29)28-7)17-13-14-20(4)21(5)22(6)23-15-11-10-12-16-23;1-7-5-3-2-4-6-7/h9-18,21-22H,2,7-8H2,1,3-6H3;2-6H,1H3/b17-13-,20-14+,25-19-,26-24+;. The quantitative estimate of drug-likeness (QED) is 0.136. The summed E-state index contributed by atoms with van der Waals surface area (Å²) < 4.78 is 0. The van der Waals surface area contributed by atoms with Gasteiger partial charge in [0.1, 0.15) is 5.70 Å². The number of benzene rings is 2. The Morgan fingerprint density at radius 3 is 1.97 bits per heavy atom. The summed E-state index contributed by atoms with van der Waals surface area (Å²) in [6, 6.07) is 20.7. The third kappa shape index (κ3) is 9.97. The van der Waals surface area contributed by atoms with Crippen molar-refractivity contribution >= 4 is 18.8 Å². The molecule has 2 aromatic rings. The van der Waals surface area contributed by atoms with E-state index in [1.54, 1.807) is 6.08 Å². The largest absolute Gasteiger partial charge is 0.296 e. The van der Waals surface area contributed by atoms with Gasteiger partial charge >= 0.3 is 0 Å². The second kappa shape index (κ2) is 16.8. The molecule has 0 aliphatic heterocycles. The molecule has 0 spiro atoms. The van der Waals surface area contributed by atoms with Gasteiger partial charge in [0.15, 0.2) is 12.1 Å². The van der Waals surface area contributed by atoms with Crippen LogP contribution in [0.1, 0.15) is 58.1 Å². The molecule has 0 heterocycles. The van der Waals surface area contributed by atoms with E-state index in [0.717, 1.165) is 12.0 Å². The van der Waals surface area contributed by atoms with Crippen LogP contribution in [0.2, 0.25) is 0 Å². The van der Waals surface area contributed by atoms with Crippen molar-refractivity contribution in [3.8, 4) is 0 Å². The maximum Gasteiger partial charge on any atom is 0.195 e. The Bertz CT molecular complexity index is 1150. The predicted octanol–water partition coefficient (Wildman–Crippen LogP) is 8.56. The van der Waals surface area contributed by atoms with Crippen LogP contribution in [0.4, 0.5) is 0 Å². The van der Waals surface area contributed by atoms with Crippen molar-refractivity contribution in [1.82, 2.24) is 0 Å². The lowest BCUT2D eigenvalue weighted by Gasteiger charge is -2.21. The average Bonchev–Trinajstić information content (AvgIpc) is 2.93. The number of aldehydes is 1. The van der Waals surface area contributed by atoms with E-state index in [-0.39, 0.29) is 17.1 Å². The topological polar surface area (TPSA) is 46.5 Å². The highest BCUT2D eigenvalue weighted by Gasteiger charge is 2.17. The maximum atomic E-state index is 13.0. The van der Waals surface area contributed by atoms with E-state index in [2.05, 4.69) is 82.4 Å². The number of Topliss-reactive ketones (excluding diaryl/α,β-unsaturated/α-hetero) is 1. The van der Waals surface area contributed by atoms with Crippen molar-refractivity contribution in [1.29, 1.82) is 0 Å². The lowest BCUT2D eigenvalue weighted by atomic mass is 9.84. The molecule has 37 heavy (non-hydrogen) atoms. The van der Waals surface area contributed by atoms with Gasteiger partial charge in [0.05, 0.1) is 5.57 Å². The first-order valence-corrected chi connectivity index (χ1v) is 12.7. The van der Waals surface area contributed by atoms with Gasteiger partial charge in [-0.1, -0.05) is 129 Å². The van der Waals surface area contributed by atoms with Crippen molar-refractivity contribution in [2.75, 3.05) is 0 Å². The van der Waals surface area contributed by atoms with Gasteiger partial charge in [-0.3, -0.25) is 14.6 Å². The third-order valence-corrected chi connectivity index (χ3v) is 6.60. The summed E-state index contributed by atoms with van der Waals surface area (Å²) in [6.07, 6.45) is 8.36. The average molecular weight is 496 g/mol. The van der Waals surface area contributed by atoms with Crippen LogP contribution in [0.15, 0.2) is 125 Å². The van der Waals surface area contributed by atoms with E-state index in [0.29, 0.717) is 23.7 Å². The number of hydrogen-bond acceptors (Lipinski definition) is 3. The van der Waals surface area contributed by atoms with Crippen LogP contribution in [0.25, 0.3) is 0 Å². The van der Waals surface area contributed by atoms with Crippen molar-refractivity contribution in [2.45, 2.75) is 53.9 Å². The monoisotopic (exact) mass is 495 g/mol. The van der Waals surface area contributed by atoms with Crippen LogP contribution >= 0.6 is 0 Å². The molecule has 0 aliphatic rings. The molecule has 2 rings (SSSR count). The van der Waals surface area contributed by atoms with Crippen molar-refractivity contribution in [3.05, 3.63) is 131 Å². The fraction of sp³-hybridized carbons (Fsp3) is 0.265. The third-order valence-electron chi connectivity index (χ3n) is 6.60. The fourth-order valence-electron chi connectivity index (χ4n) is 3.67.